The fourth-order valence-corrected chi connectivity index (χ4v) is 3.75. The third-order valence-corrected chi connectivity index (χ3v) is 4.81. The first-order valence-electron chi connectivity index (χ1n) is 7.78. The van der Waals surface area contributed by atoms with Crippen molar-refractivity contribution < 1.29 is 14.3 Å². The van der Waals surface area contributed by atoms with Crippen molar-refractivity contribution >= 4 is 11.6 Å². The third-order valence-electron chi connectivity index (χ3n) is 4.81. The maximum atomic E-state index is 12.5. The minimum atomic E-state index is 0.230. The van der Waals surface area contributed by atoms with Crippen LogP contribution in [0.15, 0.2) is 18.2 Å². The van der Waals surface area contributed by atoms with Crippen LogP contribution in [0.2, 0.25) is 0 Å². The van der Waals surface area contributed by atoms with E-state index in [1.165, 1.54) is 19.3 Å². The van der Waals surface area contributed by atoms with Crippen molar-refractivity contribution in [2.45, 2.75) is 44.6 Å². The molecule has 1 heterocycles. The minimum Gasteiger partial charge on any atom is -0.497 e. The Morgan fingerprint density at radius 1 is 1.00 bits per heavy atom. The molecule has 1 saturated carbocycles. The largest absolute Gasteiger partial charge is 0.497 e. The zero-order valence-electron chi connectivity index (χ0n) is 12.8. The predicted molar refractivity (Wildman–Crippen MR) is 82.0 cm³/mol. The topological polar surface area (TPSA) is 38.8 Å². The van der Waals surface area contributed by atoms with Crippen molar-refractivity contribution in [2.24, 2.45) is 5.92 Å². The molecule has 4 nitrogen and oxygen atoms in total. The second kappa shape index (κ2) is 5.96. The molecule has 0 bridgehead atoms. The van der Waals surface area contributed by atoms with Crippen molar-refractivity contribution in [3.63, 3.8) is 0 Å². The van der Waals surface area contributed by atoms with Crippen LogP contribution in [0.25, 0.3) is 0 Å². The summed E-state index contributed by atoms with van der Waals surface area (Å²) in [6.07, 6.45) is 6.56. The van der Waals surface area contributed by atoms with E-state index < -0.39 is 0 Å². The monoisotopic (exact) mass is 289 g/mol. The number of hydrogen-bond acceptors (Lipinski definition) is 3. The molecule has 0 radical (unpaired) electrons. The zero-order valence-corrected chi connectivity index (χ0v) is 12.8. The van der Waals surface area contributed by atoms with E-state index in [1.54, 1.807) is 14.2 Å². The summed E-state index contributed by atoms with van der Waals surface area (Å²) >= 11 is 0. The summed E-state index contributed by atoms with van der Waals surface area (Å²) in [4.78, 5) is 14.5. The van der Waals surface area contributed by atoms with Crippen molar-refractivity contribution in [1.82, 2.24) is 0 Å². The highest BCUT2D eigenvalue weighted by Crippen LogP contribution is 2.40. The van der Waals surface area contributed by atoms with Gasteiger partial charge in [-0.1, -0.05) is 12.8 Å². The van der Waals surface area contributed by atoms with Crippen molar-refractivity contribution in [1.29, 1.82) is 0 Å². The lowest BCUT2D eigenvalue weighted by atomic mass is 9.78. The average molecular weight is 289 g/mol. The highest BCUT2D eigenvalue weighted by molar-refractivity contribution is 5.95. The fraction of sp³-hybridized carbons (Fsp3) is 0.588. The first-order chi connectivity index (χ1) is 10.2. The van der Waals surface area contributed by atoms with Gasteiger partial charge in [-0.25, -0.2) is 0 Å². The lowest BCUT2D eigenvalue weighted by Crippen LogP contribution is -2.50. The van der Waals surface area contributed by atoms with Gasteiger partial charge in [0.2, 0.25) is 5.91 Å². The molecular weight excluding hydrogens is 266 g/mol. The Kier molecular flexibility index (Phi) is 4.04. The quantitative estimate of drug-likeness (QED) is 0.856. The van der Waals surface area contributed by atoms with Crippen LogP contribution in [0.4, 0.5) is 5.69 Å². The van der Waals surface area contributed by atoms with Crippen molar-refractivity contribution in [3.8, 4) is 11.5 Å². The van der Waals surface area contributed by atoms with E-state index in [-0.39, 0.29) is 5.91 Å². The number of methoxy groups -OCH3 is 2. The minimum absolute atomic E-state index is 0.230. The molecule has 2 aliphatic rings. The van der Waals surface area contributed by atoms with Crippen LogP contribution in [0.5, 0.6) is 11.5 Å². The number of rotatable bonds is 3. The maximum Gasteiger partial charge on any atom is 0.227 e. The Labute approximate surface area is 126 Å². The maximum absolute atomic E-state index is 12.5. The number of anilines is 1. The van der Waals surface area contributed by atoms with Crippen LogP contribution in [0, 0.1) is 5.92 Å². The molecule has 0 aromatic heterocycles. The Hall–Kier alpha value is -1.71. The van der Waals surface area contributed by atoms with Crippen molar-refractivity contribution in [3.05, 3.63) is 18.2 Å². The molecule has 2 atom stereocenters. The standard InChI is InChI=1S/C17H23NO3/c1-20-14-9-13(10-15(11-14)21-2)18-16-6-4-3-5-12(16)7-8-17(18)19/h9-12,16H,3-8H2,1-2H3. The van der Waals surface area contributed by atoms with E-state index in [4.69, 9.17) is 9.47 Å². The molecular formula is C17H23NO3. The molecule has 0 N–H and O–H groups in total. The van der Waals surface area contributed by atoms with E-state index in [1.807, 2.05) is 23.1 Å². The molecule has 2 unspecified atom stereocenters. The number of ether oxygens (including phenoxy) is 2. The average Bonchev–Trinajstić information content (AvgIpc) is 2.54. The first-order valence-corrected chi connectivity index (χ1v) is 7.78. The lowest BCUT2D eigenvalue weighted by Gasteiger charge is -2.44. The molecule has 114 valence electrons. The van der Waals surface area contributed by atoms with Gasteiger partial charge in [-0.2, -0.15) is 0 Å². The molecule has 4 heteroatoms. The number of amides is 1. The van der Waals surface area contributed by atoms with Gasteiger partial charge in [-0.15, -0.1) is 0 Å². The summed E-state index contributed by atoms with van der Waals surface area (Å²) in [5, 5.41) is 0. The van der Waals surface area contributed by atoms with Crippen molar-refractivity contribution in [2.75, 3.05) is 19.1 Å². The Morgan fingerprint density at radius 2 is 1.67 bits per heavy atom. The van der Waals surface area contributed by atoms with Gasteiger partial charge in [-0.05, 0) is 25.2 Å². The normalized spacial score (nSPS) is 25.4. The van der Waals surface area contributed by atoms with E-state index in [9.17, 15) is 4.79 Å². The van der Waals surface area contributed by atoms with E-state index >= 15 is 0 Å². The van der Waals surface area contributed by atoms with E-state index in [2.05, 4.69) is 0 Å². The Balaban J connectivity index is 1.97. The van der Waals surface area contributed by atoms with Crippen LogP contribution in [0.3, 0.4) is 0 Å². The molecule has 1 amide bonds. The van der Waals surface area contributed by atoms with Gasteiger partial charge in [0.05, 0.1) is 19.9 Å². The smallest absolute Gasteiger partial charge is 0.227 e. The Bertz CT molecular complexity index is 507. The van der Waals surface area contributed by atoms with Crippen LogP contribution < -0.4 is 14.4 Å². The molecule has 21 heavy (non-hydrogen) atoms. The van der Waals surface area contributed by atoms with Gasteiger partial charge >= 0.3 is 0 Å². The highest BCUT2D eigenvalue weighted by Gasteiger charge is 2.38. The van der Waals surface area contributed by atoms with Gasteiger partial charge in [0.15, 0.2) is 0 Å². The number of hydrogen-bond donors (Lipinski definition) is 0. The van der Waals surface area contributed by atoms with Gasteiger partial charge in [0.25, 0.3) is 0 Å². The second-order valence-electron chi connectivity index (χ2n) is 5.99. The van der Waals surface area contributed by atoms with E-state index in [0.717, 1.165) is 30.0 Å². The van der Waals surface area contributed by atoms with Gasteiger partial charge < -0.3 is 14.4 Å². The summed E-state index contributed by atoms with van der Waals surface area (Å²) in [6, 6.07) is 6.07. The summed E-state index contributed by atoms with van der Waals surface area (Å²) in [5.74, 6) is 2.34. The van der Waals surface area contributed by atoms with Gasteiger partial charge in [0.1, 0.15) is 11.5 Å². The molecule has 0 spiro atoms. The van der Waals surface area contributed by atoms with Gasteiger partial charge in [-0.3, -0.25) is 4.79 Å². The number of benzene rings is 1. The number of carbonyl (C=O) groups excluding carboxylic acids is 1. The van der Waals surface area contributed by atoms with Crippen LogP contribution >= 0.6 is 0 Å². The summed E-state index contributed by atoms with van der Waals surface area (Å²) in [5.41, 5.74) is 0.910. The molecule has 1 aliphatic carbocycles. The summed E-state index contributed by atoms with van der Waals surface area (Å²) in [7, 11) is 3.28. The number of carbonyl (C=O) groups is 1. The summed E-state index contributed by atoms with van der Waals surface area (Å²) in [6.45, 7) is 0. The summed E-state index contributed by atoms with van der Waals surface area (Å²) < 4.78 is 10.7. The Morgan fingerprint density at radius 3 is 2.33 bits per heavy atom. The second-order valence-corrected chi connectivity index (χ2v) is 5.99. The lowest BCUT2D eigenvalue weighted by molar-refractivity contribution is -0.121. The fourth-order valence-electron chi connectivity index (χ4n) is 3.75. The molecule has 1 aromatic rings. The highest BCUT2D eigenvalue weighted by atomic mass is 16.5. The molecule has 1 aliphatic heterocycles. The number of fused-ring (bicyclic) bond motifs is 1. The van der Waals surface area contributed by atoms with Crippen LogP contribution in [-0.2, 0) is 4.79 Å². The molecule has 1 aromatic carbocycles. The number of piperidine rings is 1. The first kappa shape index (κ1) is 14.2. The van der Waals surface area contributed by atoms with Crippen LogP contribution in [-0.4, -0.2) is 26.2 Å². The molecule has 2 fully saturated rings. The molecule has 1 saturated heterocycles. The predicted octanol–water partition coefficient (Wildman–Crippen LogP) is 3.39. The molecule has 3 rings (SSSR count). The van der Waals surface area contributed by atoms with E-state index in [0.29, 0.717) is 18.4 Å². The van der Waals surface area contributed by atoms with Gasteiger partial charge in [0, 0.05) is 30.7 Å². The zero-order chi connectivity index (χ0) is 14.8. The third kappa shape index (κ3) is 2.71. The SMILES string of the molecule is COc1cc(OC)cc(N2C(=O)CCC3CCCCC32)c1. The van der Waals surface area contributed by atoms with Crippen LogP contribution in [0.1, 0.15) is 38.5 Å². The number of nitrogens with zero attached hydrogens (tertiary/aromatic N) is 1.